The summed E-state index contributed by atoms with van der Waals surface area (Å²) in [6, 6.07) is 1.28. The van der Waals surface area contributed by atoms with Crippen molar-refractivity contribution in [2.24, 2.45) is 0 Å². The monoisotopic (exact) mass is 310 g/mol. The van der Waals surface area contributed by atoms with E-state index in [1.54, 1.807) is 13.8 Å². The minimum atomic E-state index is -0.795. The SMILES string of the molecule is CCOC(=O)Nc1c(C)c([N+](=O)[O-])cc(C)c1C(=O)OCC. The van der Waals surface area contributed by atoms with Gasteiger partial charge < -0.3 is 9.47 Å². The first-order valence-corrected chi connectivity index (χ1v) is 6.72. The van der Waals surface area contributed by atoms with Crippen LogP contribution in [0.15, 0.2) is 6.07 Å². The maximum absolute atomic E-state index is 12.1. The fourth-order valence-electron chi connectivity index (χ4n) is 1.98. The van der Waals surface area contributed by atoms with Crippen molar-refractivity contribution in [3.8, 4) is 0 Å². The van der Waals surface area contributed by atoms with Gasteiger partial charge in [-0.3, -0.25) is 15.4 Å². The third-order valence-corrected chi connectivity index (χ3v) is 2.94. The molecule has 1 N–H and O–H groups in total. The lowest BCUT2D eigenvalue weighted by Gasteiger charge is -2.15. The molecule has 1 aromatic rings. The van der Waals surface area contributed by atoms with Gasteiger partial charge in [-0.1, -0.05) is 0 Å². The van der Waals surface area contributed by atoms with Gasteiger partial charge in [0.1, 0.15) is 0 Å². The molecule has 1 amide bonds. The fourth-order valence-corrected chi connectivity index (χ4v) is 1.98. The molecule has 0 fully saturated rings. The number of rotatable bonds is 5. The highest BCUT2D eigenvalue weighted by atomic mass is 16.6. The predicted molar refractivity (Wildman–Crippen MR) is 79.2 cm³/mol. The molecule has 1 rings (SSSR count). The van der Waals surface area contributed by atoms with Crippen LogP contribution in [0.1, 0.15) is 35.3 Å². The third kappa shape index (κ3) is 3.72. The van der Waals surface area contributed by atoms with E-state index in [1.807, 2.05) is 0 Å². The number of nitrogens with zero attached hydrogens (tertiary/aromatic N) is 1. The van der Waals surface area contributed by atoms with E-state index in [1.165, 1.54) is 19.9 Å². The number of ether oxygens (including phenoxy) is 2. The van der Waals surface area contributed by atoms with Gasteiger partial charge in [-0.25, -0.2) is 9.59 Å². The van der Waals surface area contributed by atoms with Gasteiger partial charge in [0, 0.05) is 6.07 Å². The zero-order valence-electron chi connectivity index (χ0n) is 12.9. The number of amides is 1. The Bertz CT molecular complexity index is 612. The summed E-state index contributed by atoms with van der Waals surface area (Å²) in [5.74, 6) is -0.662. The zero-order chi connectivity index (χ0) is 16.9. The second-order valence-electron chi connectivity index (χ2n) is 4.41. The standard InChI is InChI=1S/C14H18N2O6/c1-5-21-13(17)11-8(3)7-10(16(19)20)9(4)12(11)15-14(18)22-6-2/h7H,5-6H2,1-4H3,(H,15,18). The van der Waals surface area contributed by atoms with Crippen LogP contribution in [0.4, 0.5) is 16.2 Å². The van der Waals surface area contributed by atoms with Crippen LogP contribution < -0.4 is 5.32 Å². The normalized spacial score (nSPS) is 10.0. The summed E-state index contributed by atoms with van der Waals surface area (Å²) in [6.07, 6.45) is -0.795. The van der Waals surface area contributed by atoms with Crippen molar-refractivity contribution < 1.29 is 24.0 Å². The molecule has 0 atom stereocenters. The molecule has 22 heavy (non-hydrogen) atoms. The van der Waals surface area contributed by atoms with Crippen LogP contribution in [0.25, 0.3) is 0 Å². The molecule has 120 valence electrons. The van der Waals surface area contributed by atoms with Crippen LogP contribution >= 0.6 is 0 Å². The summed E-state index contributed by atoms with van der Waals surface area (Å²) in [6.45, 7) is 6.53. The van der Waals surface area contributed by atoms with E-state index in [0.717, 1.165) is 0 Å². The highest BCUT2D eigenvalue weighted by Crippen LogP contribution is 2.33. The number of nitrogens with one attached hydrogen (secondary N) is 1. The first kappa shape index (κ1) is 17.4. The summed E-state index contributed by atoms with van der Waals surface area (Å²) >= 11 is 0. The first-order chi connectivity index (χ1) is 10.3. The highest BCUT2D eigenvalue weighted by molar-refractivity contribution is 6.02. The number of nitro groups is 1. The van der Waals surface area contributed by atoms with E-state index in [2.05, 4.69) is 5.32 Å². The third-order valence-electron chi connectivity index (χ3n) is 2.94. The first-order valence-electron chi connectivity index (χ1n) is 6.72. The second kappa shape index (κ2) is 7.39. The Morgan fingerprint density at radius 2 is 1.82 bits per heavy atom. The molecule has 8 nitrogen and oxygen atoms in total. The quantitative estimate of drug-likeness (QED) is 0.509. The van der Waals surface area contributed by atoms with Crippen LogP contribution in [0, 0.1) is 24.0 Å². The van der Waals surface area contributed by atoms with E-state index >= 15 is 0 Å². The molecule has 0 aliphatic carbocycles. The number of esters is 1. The summed E-state index contributed by atoms with van der Waals surface area (Å²) in [5, 5.41) is 13.5. The molecule has 0 unspecified atom stereocenters. The lowest BCUT2D eigenvalue weighted by atomic mass is 10.0. The van der Waals surface area contributed by atoms with Crippen LogP contribution in [0.5, 0.6) is 0 Å². The van der Waals surface area contributed by atoms with E-state index in [0.29, 0.717) is 5.56 Å². The number of carbonyl (C=O) groups is 2. The Hall–Kier alpha value is -2.64. The average molecular weight is 310 g/mol. The van der Waals surface area contributed by atoms with Gasteiger partial charge in [-0.05, 0) is 33.3 Å². The topological polar surface area (TPSA) is 108 Å². The lowest BCUT2D eigenvalue weighted by Crippen LogP contribution is -2.19. The highest BCUT2D eigenvalue weighted by Gasteiger charge is 2.26. The minimum Gasteiger partial charge on any atom is -0.462 e. The summed E-state index contributed by atoms with van der Waals surface area (Å²) in [7, 11) is 0. The van der Waals surface area contributed by atoms with Crippen molar-refractivity contribution >= 4 is 23.4 Å². The van der Waals surface area contributed by atoms with E-state index in [-0.39, 0.29) is 35.7 Å². The second-order valence-corrected chi connectivity index (χ2v) is 4.41. The predicted octanol–water partition coefficient (Wildman–Crippen LogP) is 2.96. The largest absolute Gasteiger partial charge is 0.462 e. The van der Waals surface area contributed by atoms with Crippen molar-refractivity contribution in [1.82, 2.24) is 0 Å². The van der Waals surface area contributed by atoms with Crippen molar-refractivity contribution in [3.05, 3.63) is 32.9 Å². The fraction of sp³-hybridized carbons (Fsp3) is 0.429. The Labute approximate surface area is 127 Å². The summed E-state index contributed by atoms with van der Waals surface area (Å²) < 4.78 is 9.71. The lowest BCUT2D eigenvalue weighted by molar-refractivity contribution is -0.385. The van der Waals surface area contributed by atoms with Crippen LogP contribution in [-0.2, 0) is 9.47 Å². The maximum Gasteiger partial charge on any atom is 0.411 e. The van der Waals surface area contributed by atoms with Gasteiger partial charge in [0.2, 0.25) is 0 Å². The number of hydrogen-bond donors (Lipinski definition) is 1. The Morgan fingerprint density at radius 3 is 2.32 bits per heavy atom. The molecule has 0 aliphatic rings. The molecular formula is C14H18N2O6. The van der Waals surface area contributed by atoms with Gasteiger partial charge in [0.25, 0.3) is 5.69 Å². The minimum absolute atomic E-state index is 0.0311. The number of nitro benzene ring substituents is 1. The number of hydrogen-bond acceptors (Lipinski definition) is 6. The van der Waals surface area contributed by atoms with Crippen LogP contribution in [0.3, 0.4) is 0 Å². The molecule has 0 saturated heterocycles. The summed E-state index contributed by atoms with van der Waals surface area (Å²) in [5.41, 5.74) is 0.410. The summed E-state index contributed by atoms with van der Waals surface area (Å²) in [4.78, 5) is 34.2. The molecule has 8 heteroatoms. The smallest absolute Gasteiger partial charge is 0.411 e. The maximum atomic E-state index is 12.1. The van der Waals surface area contributed by atoms with E-state index < -0.39 is 17.0 Å². The molecule has 0 spiro atoms. The van der Waals surface area contributed by atoms with E-state index in [4.69, 9.17) is 9.47 Å². The molecule has 0 bridgehead atoms. The molecule has 0 aliphatic heterocycles. The Kier molecular flexibility index (Phi) is 5.85. The van der Waals surface area contributed by atoms with Gasteiger partial charge in [-0.2, -0.15) is 0 Å². The Morgan fingerprint density at radius 1 is 1.23 bits per heavy atom. The van der Waals surface area contributed by atoms with Gasteiger partial charge in [0.15, 0.2) is 0 Å². The number of anilines is 1. The zero-order valence-corrected chi connectivity index (χ0v) is 12.9. The number of aryl methyl sites for hydroxylation is 1. The molecule has 0 saturated carbocycles. The van der Waals surface area contributed by atoms with Crippen LogP contribution in [-0.4, -0.2) is 30.2 Å². The molecule has 0 radical (unpaired) electrons. The number of carbonyl (C=O) groups excluding carboxylic acids is 2. The average Bonchev–Trinajstić information content (AvgIpc) is 2.42. The molecule has 0 heterocycles. The van der Waals surface area contributed by atoms with Gasteiger partial charge in [-0.15, -0.1) is 0 Å². The Balaban J connectivity index is 3.47. The molecule has 1 aromatic carbocycles. The van der Waals surface area contributed by atoms with Crippen molar-refractivity contribution in [2.45, 2.75) is 27.7 Å². The van der Waals surface area contributed by atoms with Gasteiger partial charge in [0.05, 0.1) is 35.0 Å². The van der Waals surface area contributed by atoms with Crippen LogP contribution in [0.2, 0.25) is 0 Å². The molecular weight excluding hydrogens is 292 g/mol. The van der Waals surface area contributed by atoms with Crippen molar-refractivity contribution in [1.29, 1.82) is 0 Å². The molecule has 0 aromatic heterocycles. The number of benzene rings is 1. The van der Waals surface area contributed by atoms with Crippen molar-refractivity contribution in [3.63, 3.8) is 0 Å². The van der Waals surface area contributed by atoms with Crippen molar-refractivity contribution in [2.75, 3.05) is 18.5 Å². The van der Waals surface area contributed by atoms with Gasteiger partial charge >= 0.3 is 12.1 Å². The van der Waals surface area contributed by atoms with E-state index in [9.17, 15) is 19.7 Å².